The van der Waals surface area contributed by atoms with Crippen LogP contribution >= 0.6 is 11.3 Å². The Balaban J connectivity index is 2.11. The van der Waals surface area contributed by atoms with Crippen LogP contribution in [-0.2, 0) is 21.2 Å². The third kappa shape index (κ3) is 2.67. The van der Waals surface area contributed by atoms with Crippen molar-refractivity contribution in [1.29, 1.82) is 0 Å². The number of sulfone groups is 1. The second-order valence-corrected chi connectivity index (χ2v) is 7.44. The van der Waals surface area contributed by atoms with Gasteiger partial charge in [0.05, 0.1) is 11.5 Å². The topological polar surface area (TPSA) is 89.3 Å². The maximum absolute atomic E-state index is 11.5. The molecule has 2 heterocycles. The van der Waals surface area contributed by atoms with Crippen LogP contribution in [0.2, 0.25) is 0 Å². The first-order valence-corrected chi connectivity index (χ1v) is 7.91. The molecule has 1 aliphatic rings. The Morgan fingerprint density at radius 1 is 1.59 bits per heavy atom. The Labute approximate surface area is 104 Å². The first-order chi connectivity index (χ1) is 7.94. The monoisotopic (exact) mass is 274 g/mol. The number of thiophene rings is 1. The lowest BCUT2D eigenvalue weighted by Gasteiger charge is -2.24. The lowest BCUT2D eigenvalue weighted by molar-refractivity contribution is -0.123. The van der Waals surface area contributed by atoms with Crippen molar-refractivity contribution in [2.24, 2.45) is 5.73 Å². The highest BCUT2D eigenvalue weighted by molar-refractivity contribution is 7.91. The molecule has 2 rings (SSSR count). The molecule has 94 valence electrons. The largest absolute Gasteiger partial charge is 0.368 e. The lowest BCUT2D eigenvalue weighted by atomic mass is 9.98. The van der Waals surface area contributed by atoms with E-state index in [2.05, 4.69) is 5.32 Å². The van der Waals surface area contributed by atoms with E-state index in [1.807, 2.05) is 17.5 Å². The fourth-order valence-electron chi connectivity index (χ4n) is 1.94. The van der Waals surface area contributed by atoms with Gasteiger partial charge < -0.3 is 5.73 Å². The predicted octanol–water partition coefficient (Wildman–Crippen LogP) is -0.120. The van der Waals surface area contributed by atoms with Crippen LogP contribution in [0.15, 0.2) is 17.5 Å². The van der Waals surface area contributed by atoms with E-state index in [-0.39, 0.29) is 17.9 Å². The fraction of sp³-hybridized carbons (Fsp3) is 0.500. The molecule has 5 nitrogen and oxygen atoms in total. The second-order valence-electron chi connectivity index (χ2n) is 4.22. The molecule has 1 aromatic heterocycles. The summed E-state index contributed by atoms with van der Waals surface area (Å²) in [5.41, 5.74) is 4.24. The molecule has 3 N–H and O–H groups in total. The summed E-state index contributed by atoms with van der Waals surface area (Å²) in [7, 11) is -3.15. The van der Waals surface area contributed by atoms with Crippen LogP contribution in [0.25, 0.3) is 0 Å². The van der Waals surface area contributed by atoms with Gasteiger partial charge in [0.1, 0.15) is 5.54 Å². The van der Waals surface area contributed by atoms with E-state index >= 15 is 0 Å². The van der Waals surface area contributed by atoms with Gasteiger partial charge >= 0.3 is 0 Å². The Kier molecular flexibility index (Phi) is 3.24. The summed E-state index contributed by atoms with van der Waals surface area (Å²) in [5, 5.41) is 4.94. The zero-order valence-corrected chi connectivity index (χ0v) is 10.8. The zero-order valence-electron chi connectivity index (χ0n) is 9.18. The number of amides is 1. The Bertz CT molecular complexity index is 510. The third-order valence-electron chi connectivity index (χ3n) is 2.96. The van der Waals surface area contributed by atoms with Gasteiger partial charge in [-0.3, -0.25) is 10.1 Å². The van der Waals surface area contributed by atoms with Gasteiger partial charge in [-0.2, -0.15) is 0 Å². The van der Waals surface area contributed by atoms with E-state index in [1.165, 1.54) is 0 Å². The highest BCUT2D eigenvalue weighted by Gasteiger charge is 2.46. The molecular weight excluding hydrogens is 260 g/mol. The number of primary amides is 1. The normalized spacial score (nSPS) is 27.1. The van der Waals surface area contributed by atoms with Crippen LogP contribution in [0.3, 0.4) is 0 Å². The number of hydrogen-bond acceptors (Lipinski definition) is 5. The maximum Gasteiger partial charge on any atom is 0.238 e. The van der Waals surface area contributed by atoms with E-state index in [1.54, 1.807) is 11.3 Å². The average Bonchev–Trinajstić information content (AvgIpc) is 2.83. The quantitative estimate of drug-likeness (QED) is 0.801. The molecule has 17 heavy (non-hydrogen) atoms. The van der Waals surface area contributed by atoms with Crippen LogP contribution in [0.4, 0.5) is 0 Å². The number of rotatable bonds is 4. The number of nitrogens with one attached hydrogen (secondary N) is 1. The van der Waals surface area contributed by atoms with Gasteiger partial charge in [-0.05, 0) is 17.9 Å². The highest BCUT2D eigenvalue weighted by Crippen LogP contribution is 2.24. The minimum absolute atomic E-state index is 0.0212. The maximum atomic E-state index is 11.5. The molecule has 0 aliphatic carbocycles. The number of carbonyl (C=O) groups is 1. The molecule has 0 radical (unpaired) electrons. The van der Waals surface area contributed by atoms with Crippen molar-refractivity contribution < 1.29 is 13.2 Å². The van der Waals surface area contributed by atoms with Crippen molar-refractivity contribution in [3.05, 3.63) is 22.4 Å². The Morgan fingerprint density at radius 3 is 2.82 bits per heavy atom. The minimum Gasteiger partial charge on any atom is -0.368 e. The number of carbonyl (C=O) groups excluding carboxylic acids is 1. The van der Waals surface area contributed by atoms with Gasteiger partial charge in [0.25, 0.3) is 0 Å². The molecule has 7 heteroatoms. The summed E-state index contributed by atoms with van der Waals surface area (Å²) in [6.45, 7) is 0.468. The van der Waals surface area contributed by atoms with Crippen molar-refractivity contribution >= 4 is 27.1 Å². The van der Waals surface area contributed by atoms with Gasteiger partial charge in [0.2, 0.25) is 5.91 Å². The standard InChI is InChI=1S/C10H14N2O3S2/c11-9(13)10(3-5-17(14,15)7-10)12-6-8-2-1-4-16-8/h1-2,4,12H,3,5-7H2,(H2,11,13). The molecule has 1 fully saturated rings. The van der Waals surface area contributed by atoms with E-state index < -0.39 is 21.3 Å². The zero-order chi connectivity index (χ0) is 12.5. The van der Waals surface area contributed by atoms with E-state index in [4.69, 9.17) is 5.73 Å². The van der Waals surface area contributed by atoms with Crippen LogP contribution in [0.5, 0.6) is 0 Å². The SMILES string of the molecule is NC(=O)C1(NCc2cccs2)CCS(=O)(=O)C1. The predicted molar refractivity (Wildman–Crippen MR) is 66.4 cm³/mol. The van der Waals surface area contributed by atoms with E-state index in [0.29, 0.717) is 6.54 Å². The Morgan fingerprint density at radius 2 is 2.35 bits per heavy atom. The minimum atomic E-state index is -3.15. The molecule has 0 spiro atoms. The number of nitrogens with two attached hydrogens (primary N) is 1. The summed E-state index contributed by atoms with van der Waals surface area (Å²) in [5.74, 6) is -0.760. The van der Waals surface area contributed by atoms with E-state index in [0.717, 1.165) is 4.88 Å². The highest BCUT2D eigenvalue weighted by atomic mass is 32.2. The van der Waals surface area contributed by atoms with Crippen molar-refractivity contribution in [1.82, 2.24) is 5.32 Å². The lowest BCUT2D eigenvalue weighted by Crippen LogP contribution is -2.56. The van der Waals surface area contributed by atoms with Crippen LogP contribution < -0.4 is 11.1 Å². The molecule has 1 aromatic rings. The van der Waals surface area contributed by atoms with Gasteiger partial charge in [-0.1, -0.05) is 6.07 Å². The average molecular weight is 274 g/mol. The summed E-state index contributed by atoms with van der Waals surface area (Å²) >= 11 is 1.55. The van der Waals surface area contributed by atoms with Crippen molar-refractivity contribution in [2.45, 2.75) is 18.5 Å². The van der Waals surface area contributed by atoms with Crippen LogP contribution in [0.1, 0.15) is 11.3 Å². The molecular formula is C10H14N2O3S2. The molecule has 0 bridgehead atoms. The molecule has 1 atom stereocenters. The van der Waals surface area contributed by atoms with Crippen molar-refractivity contribution in [3.8, 4) is 0 Å². The second kappa shape index (κ2) is 4.40. The van der Waals surface area contributed by atoms with Crippen molar-refractivity contribution in [2.75, 3.05) is 11.5 Å². The number of hydrogen-bond donors (Lipinski definition) is 2. The third-order valence-corrected chi connectivity index (χ3v) is 5.59. The summed E-state index contributed by atoms with van der Waals surface area (Å²) in [6.07, 6.45) is 0.260. The van der Waals surface area contributed by atoms with Gasteiger partial charge in [0, 0.05) is 11.4 Å². The molecule has 1 unspecified atom stereocenters. The van der Waals surface area contributed by atoms with Gasteiger partial charge in [0.15, 0.2) is 9.84 Å². The first kappa shape index (κ1) is 12.5. The molecule has 1 saturated heterocycles. The smallest absolute Gasteiger partial charge is 0.238 e. The molecule has 1 aliphatic heterocycles. The van der Waals surface area contributed by atoms with Crippen molar-refractivity contribution in [3.63, 3.8) is 0 Å². The first-order valence-electron chi connectivity index (χ1n) is 5.21. The summed E-state index contributed by atoms with van der Waals surface area (Å²) in [6, 6.07) is 3.83. The fourth-order valence-corrected chi connectivity index (χ4v) is 4.53. The Hall–Kier alpha value is -0.920. The van der Waals surface area contributed by atoms with Crippen LogP contribution in [-0.4, -0.2) is 31.4 Å². The van der Waals surface area contributed by atoms with Gasteiger partial charge in [-0.15, -0.1) is 11.3 Å². The molecule has 1 amide bonds. The molecule has 0 saturated carbocycles. The van der Waals surface area contributed by atoms with E-state index in [9.17, 15) is 13.2 Å². The molecule has 0 aromatic carbocycles. The van der Waals surface area contributed by atoms with Gasteiger partial charge in [-0.25, -0.2) is 8.42 Å². The summed E-state index contributed by atoms with van der Waals surface area (Å²) < 4.78 is 22.9. The van der Waals surface area contributed by atoms with Crippen LogP contribution in [0, 0.1) is 0 Å². The summed E-state index contributed by atoms with van der Waals surface area (Å²) in [4.78, 5) is 12.5.